The van der Waals surface area contributed by atoms with Crippen molar-refractivity contribution in [3.63, 3.8) is 0 Å². The largest absolute Gasteiger partial charge is 0.479 e. The molecule has 13 heteroatoms. The normalized spacial score (nSPS) is 18.3. The fourth-order valence-electron chi connectivity index (χ4n) is 4.54. The summed E-state index contributed by atoms with van der Waals surface area (Å²) in [7, 11) is 2.97. The number of alkyl halides is 4. The number of rotatable bonds is 6. The Labute approximate surface area is 196 Å². The monoisotopic (exact) mass is 495 g/mol. The predicted molar refractivity (Wildman–Crippen MR) is 119 cm³/mol. The highest BCUT2D eigenvalue weighted by Crippen LogP contribution is 2.35. The van der Waals surface area contributed by atoms with E-state index in [0.717, 1.165) is 0 Å². The van der Waals surface area contributed by atoms with Crippen LogP contribution in [-0.4, -0.2) is 74.7 Å². The average Bonchev–Trinajstić information content (AvgIpc) is 3.41. The first-order valence-corrected chi connectivity index (χ1v) is 10.8. The van der Waals surface area contributed by atoms with Crippen molar-refractivity contribution in [2.24, 2.45) is 0 Å². The third kappa shape index (κ3) is 4.03. The summed E-state index contributed by atoms with van der Waals surface area (Å²) in [5.41, 5.74) is 1.43. The SMILES string of the molecule is COc1nc(NC2CN(C)CC2(F)F)nn2ccc(-c3cc(F)c4nc(C)n(CC(F)F)c4c3)c12. The number of ether oxygens (including phenoxy) is 1. The van der Waals surface area contributed by atoms with Crippen molar-refractivity contribution >= 4 is 22.5 Å². The van der Waals surface area contributed by atoms with Gasteiger partial charge in [0.2, 0.25) is 11.8 Å². The van der Waals surface area contributed by atoms with Gasteiger partial charge in [0.15, 0.2) is 5.82 Å². The van der Waals surface area contributed by atoms with Crippen LogP contribution in [0.3, 0.4) is 0 Å². The second-order valence-electron chi connectivity index (χ2n) is 8.61. The molecule has 0 radical (unpaired) electrons. The molecule has 1 N–H and O–H groups in total. The number of hydrogen-bond donors (Lipinski definition) is 1. The average molecular weight is 495 g/mol. The molecular weight excluding hydrogens is 473 g/mol. The smallest absolute Gasteiger partial charge is 0.281 e. The molecule has 0 bridgehead atoms. The van der Waals surface area contributed by atoms with Gasteiger partial charge in [-0.05, 0) is 37.7 Å². The van der Waals surface area contributed by atoms with Crippen molar-refractivity contribution in [2.45, 2.75) is 31.9 Å². The zero-order valence-electron chi connectivity index (χ0n) is 19.1. The van der Waals surface area contributed by atoms with Crippen molar-refractivity contribution in [3.05, 3.63) is 36.0 Å². The summed E-state index contributed by atoms with van der Waals surface area (Å²) in [4.78, 5) is 9.85. The first-order chi connectivity index (χ1) is 16.6. The second kappa shape index (κ2) is 8.33. The molecule has 1 aromatic carbocycles. The molecule has 0 saturated carbocycles. The van der Waals surface area contributed by atoms with Crippen LogP contribution in [-0.2, 0) is 6.54 Å². The molecule has 1 atom stereocenters. The van der Waals surface area contributed by atoms with E-state index in [0.29, 0.717) is 16.6 Å². The van der Waals surface area contributed by atoms with E-state index in [-0.39, 0.29) is 41.8 Å². The number of aryl methyl sites for hydroxylation is 1. The zero-order chi connectivity index (χ0) is 25.1. The van der Waals surface area contributed by atoms with Crippen LogP contribution in [0.1, 0.15) is 5.82 Å². The topological polar surface area (TPSA) is 72.5 Å². The fraction of sp³-hybridized carbons (Fsp3) is 0.409. The van der Waals surface area contributed by atoms with Crippen LogP contribution in [0.25, 0.3) is 27.7 Å². The fourth-order valence-corrected chi connectivity index (χ4v) is 4.54. The number of nitrogens with one attached hydrogen (secondary N) is 1. The summed E-state index contributed by atoms with van der Waals surface area (Å²) < 4.78 is 77.7. The van der Waals surface area contributed by atoms with E-state index in [1.807, 2.05) is 0 Å². The van der Waals surface area contributed by atoms with E-state index in [2.05, 4.69) is 20.4 Å². The molecule has 1 aliphatic rings. The number of hydrogen-bond acceptors (Lipinski definition) is 6. The molecule has 0 spiro atoms. The van der Waals surface area contributed by atoms with Gasteiger partial charge >= 0.3 is 0 Å². The maximum atomic E-state index is 14.9. The molecule has 4 aromatic rings. The van der Waals surface area contributed by atoms with Gasteiger partial charge in [-0.25, -0.2) is 31.5 Å². The third-order valence-electron chi connectivity index (χ3n) is 6.09. The summed E-state index contributed by atoms with van der Waals surface area (Å²) in [6, 6.07) is 3.27. The lowest BCUT2D eigenvalue weighted by molar-refractivity contribution is 0.00582. The number of likely N-dealkylation sites (N-methyl/N-ethyl adjacent to an activating group) is 1. The maximum absolute atomic E-state index is 14.9. The lowest BCUT2D eigenvalue weighted by atomic mass is 10.1. The van der Waals surface area contributed by atoms with Crippen LogP contribution in [0.5, 0.6) is 5.88 Å². The third-order valence-corrected chi connectivity index (χ3v) is 6.09. The Bertz CT molecular complexity index is 1420. The van der Waals surface area contributed by atoms with E-state index in [9.17, 15) is 22.0 Å². The molecule has 35 heavy (non-hydrogen) atoms. The highest BCUT2D eigenvalue weighted by Gasteiger charge is 2.47. The van der Waals surface area contributed by atoms with E-state index in [1.165, 1.54) is 34.1 Å². The first-order valence-electron chi connectivity index (χ1n) is 10.8. The number of likely N-dealkylation sites (tertiary alicyclic amines) is 1. The van der Waals surface area contributed by atoms with Gasteiger partial charge in [-0.2, -0.15) is 4.98 Å². The zero-order valence-corrected chi connectivity index (χ0v) is 19.1. The second-order valence-corrected chi connectivity index (χ2v) is 8.61. The molecule has 0 amide bonds. The molecule has 186 valence electrons. The summed E-state index contributed by atoms with van der Waals surface area (Å²) >= 11 is 0. The lowest BCUT2D eigenvalue weighted by Gasteiger charge is -2.19. The quantitative estimate of drug-likeness (QED) is 0.410. The van der Waals surface area contributed by atoms with E-state index >= 15 is 0 Å². The molecule has 1 unspecified atom stereocenters. The number of halogens is 5. The van der Waals surface area contributed by atoms with Gasteiger partial charge in [0, 0.05) is 18.3 Å². The van der Waals surface area contributed by atoms with Crippen LogP contribution in [0.2, 0.25) is 0 Å². The van der Waals surface area contributed by atoms with Crippen LogP contribution < -0.4 is 10.1 Å². The Morgan fingerprint density at radius 1 is 1.26 bits per heavy atom. The van der Waals surface area contributed by atoms with E-state index < -0.39 is 30.8 Å². The van der Waals surface area contributed by atoms with Crippen molar-refractivity contribution in [2.75, 3.05) is 32.6 Å². The van der Waals surface area contributed by atoms with Gasteiger partial charge in [-0.15, -0.1) is 5.10 Å². The number of aromatic nitrogens is 5. The van der Waals surface area contributed by atoms with Gasteiger partial charge in [0.1, 0.15) is 22.9 Å². The highest BCUT2D eigenvalue weighted by atomic mass is 19.3. The van der Waals surface area contributed by atoms with Crippen LogP contribution in [0, 0.1) is 12.7 Å². The maximum Gasteiger partial charge on any atom is 0.281 e. The van der Waals surface area contributed by atoms with Gasteiger partial charge < -0.3 is 14.6 Å². The van der Waals surface area contributed by atoms with Crippen LogP contribution in [0.15, 0.2) is 24.4 Å². The van der Waals surface area contributed by atoms with E-state index in [4.69, 9.17) is 4.74 Å². The molecule has 0 aliphatic carbocycles. The number of imidazole rings is 1. The molecule has 1 saturated heterocycles. The molecular formula is C22H22F5N7O. The van der Waals surface area contributed by atoms with Gasteiger partial charge in [-0.1, -0.05) is 0 Å². The number of anilines is 1. The van der Waals surface area contributed by atoms with Gasteiger partial charge in [0.25, 0.3) is 12.3 Å². The Morgan fingerprint density at radius 2 is 2.03 bits per heavy atom. The lowest BCUT2D eigenvalue weighted by Crippen LogP contribution is -2.38. The van der Waals surface area contributed by atoms with Crippen molar-refractivity contribution in [3.8, 4) is 17.0 Å². The molecule has 1 fully saturated rings. The van der Waals surface area contributed by atoms with Crippen LogP contribution >= 0.6 is 0 Å². The molecule has 1 aliphatic heterocycles. The number of benzene rings is 1. The van der Waals surface area contributed by atoms with E-state index in [1.54, 1.807) is 25.4 Å². The summed E-state index contributed by atoms with van der Waals surface area (Å²) in [5, 5.41) is 6.96. The Balaban J connectivity index is 1.59. The highest BCUT2D eigenvalue weighted by molar-refractivity contribution is 5.90. The van der Waals surface area contributed by atoms with Gasteiger partial charge in [-0.3, -0.25) is 4.90 Å². The Hall–Kier alpha value is -3.48. The minimum Gasteiger partial charge on any atom is -0.479 e. The molecule has 8 nitrogen and oxygen atoms in total. The first kappa shape index (κ1) is 23.3. The predicted octanol–water partition coefficient (Wildman–Crippen LogP) is 3.83. The van der Waals surface area contributed by atoms with Crippen molar-refractivity contribution < 1.29 is 26.7 Å². The minimum absolute atomic E-state index is 0.00687. The molecule has 3 aromatic heterocycles. The van der Waals surface area contributed by atoms with Gasteiger partial charge in [0.05, 0.1) is 25.7 Å². The summed E-state index contributed by atoms with van der Waals surface area (Å²) in [6.45, 7) is 0.641. The number of nitrogens with zero attached hydrogens (tertiary/aromatic N) is 6. The molecule has 5 rings (SSSR count). The molecule has 4 heterocycles. The minimum atomic E-state index is -2.96. The summed E-state index contributed by atoms with van der Waals surface area (Å²) in [6.07, 6.45) is -1.08. The Kier molecular flexibility index (Phi) is 5.54. The Morgan fingerprint density at radius 3 is 2.69 bits per heavy atom. The standard InChI is InChI=1S/C22H22F5N7O/c1-11-28-18-14(23)6-12(7-15(18)33(11)9-17(24)25)13-4-5-34-19(13)20(35-3)30-21(31-34)29-16-8-32(2)10-22(16,26)27/h4-7,16-17H,8-10H2,1-3H3,(H,29,31). The summed E-state index contributed by atoms with van der Waals surface area (Å²) in [5.74, 6) is -3.34. The van der Waals surface area contributed by atoms with Crippen molar-refractivity contribution in [1.82, 2.24) is 29.0 Å². The number of methoxy groups -OCH3 is 1. The van der Waals surface area contributed by atoms with Crippen LogP contribution in [0.4, 0.5) is 27.9 Å². The number of fused-ring (bicyclic) bond motifs is 2. The van der Waals surface area contributed by atoms with Crippen molar-refractivity contribution in [1.29, 1.82) is 0 Å².